The number of nitrogens with one attached hydrogen (secondary N) is 1. The summed E-state index contributed by atoms with van der Waals surface area (Å²) in [6, 6.07) is 14.5. The Kier molecular flexibility index (Phi) is 6.80. The van der Waals surface area contributed by atoms with E-state index in [1.165, 1.54) is 16.0 Å². The fourth-order valence-electron chi connectivity index (χ4n) is 3.35. The van der Waals surface area contributed by atoms with Crippen molar-refractivity contribution in [3.05, 3.63) is 53.6 Å². The maximum Gasteiger partial charge on any atom is 0.234 e. The molecule has 5 heteroatoms. The number of para-hydroxylation sites is 2. The van der Waals surface area contributed by atoms with Crippen molar-refractivity contribution in [1.82, 2.24) is 4.90 Å². The number of aryl methyl sites for hydroxylation is 2. The summed E-state index contributed by atoms with van der Waals surface area (Å²) in [4.78, 5) is 18.6. The fraction of sp³-hybridized carbons (Fsp3) is 0.409. The Morgan fingerprint density at radius 3 is 2.56 bits per heavy atom. The molecule has 0 spiro atoms. The summed E-state index contributed by atoms with van der Waals surface area (Å²) in [6.45, 7) is 11.6. The van der Waals surface area contributed by atoms with Crippen LogP contribution in [0.1, 0.15) is 18.1 Å². The number of anilines is 2. The molecule has 1 saturated heterocycles. The molecule has 0 unspecified atom stereocenters. The van der Waals surface area contributed by atoms with Gasteiger partial charge in [-0.1, -0.05) is 36.8 Å². The highest BCUT2D eigenvalue weighted by atomic mass is 32.2. The van der Waals surface area contributed by atoms with Gasteiger partial charge in [-0.2, -0.15) is 0 Å². The van der Waals surface area contributed by atoms with Gasteiger partial charge in [-0.05, 0) is 44.2 Å². The fourth-order valence-corrected chi connectivity index (χ4v) is 4.28. The number of thioether (sulfide) groups is 1. The third kappa shape index (κ3) is 5.27. The second-order valence-corrected chi connectivity index (χ2v) is 8.06. The van der Waals surface area contributed by atoms with Gasteiger partial charge >= 0.3 is 0 Å². The standard InChI is InChI=1S/C22H29N3OS/c1-4-24-11-13-25(14-12-24)20-8-6-5-7-19(20)23-22(26)16-27-21-15-17(2)9-10-18(21)3/h5-10,15H,4,11-14,16H2,1-3H3,(H,23,26). The van der Waals surface area contributed by atoms with Crippen LogP contribution < -0.4 is 10.2 Å². The average Bonchev–Trinajstić information content (AvgIpc) is 2.69. The lowest BCUT2D eigenvalue weighted by Gasteiger charge is -2.36. The summed E-state index contributed by atoms with van der Waals surface area (Å²) in [5.41, 5.74) is 4.47. The van der Waals surface area contributed by atoms with Crippen LogP contribution in [0.2, 0.25) is 0 Å². The second-order valence-electron chi connectivity index (χ2n) is 7.04. The van der Waals surface area contributed by atoms with Crippen LogP contribution >= 0.6 is 11.8 Å². The van der Waals surface area contributed by atoms with Crippen LogP contribution in [0.15, 0.2) is 47.4 Å². The van der Waals surface area contributed by atoms with E-state index in [1.54, 1.807) is 11.8 Å². The Labute approximate surface area is 166 Å². The SMILES string of the molecule is CCN1CCN(c2ccccc2NC(=O)CSc2cc(C)ccc2C)CC1. The molecule has 0 saturated carbocycles. The van der Waals surface area contributed by atoms with E-state index < -0.39 is 0 Å². The lowest BCUT2D eigenvalue weighted by Crippen LogP contribution is -2.46. The molecule has 0 aliphatic carbocycles. The van der Waals surface area contributed by atoms with Gasteiger partial charge in [0.1, 0.15) is 0 Å². The van der Waals surface area contributed by atoms with E-state index in [0.29, 0.717) is 5.75 Å². The van der Waals surface area contributed by atoms with Crippen molar-refractivity contribution < 1.29 is 4.79 Å². The molecule has 144 valence electrons. The number of benzene rings is 2. The number of carbonyl (C=O) groups excluding carboxylic acids is 1. The highest BCUT2D eigenvalue weighted by Gasteiger charge is 2.18. The summed E-state index contributed by atoms with van der Waals surface area (Å²) in [5, 5.41) is 3.12. The molecule has 27 heavy (non-hydrogen) atoms. The summed E-state index contributed by atoms with van der Waals surface area (Å²) in [6.07, 6.45) is 0. The van der Waals surface area contributed by atoms with Gasteiger partial charge in [0.2, 0.25) is 5.91 Å². The van der Waals surface area contributed by atoms with Gasteiger partial charge in [-0.25, -0.2) is 0 Å². The minimum atomic E-state index is 0.0422. The normalized spacial score (nSPS) is 15.0. The molecule has 1 amide bonds. The summed E-state index contributed by atoms with van der Waals surface area (Å²) < 4.78 is 0. The Hall–Kier alpha value is -1.98. The highest BCUT2D eigenvalue weighted by Crippen LogP contribution is 2.28. The molecule has 0 radical (unpaired) electrons. The lowest BCUT2D eigenvalue weighted by atomic mass is 10.2. The molecule has 3 rings (SSSR count). The van der Waals surface area contributed by atoms with Gasteiger partial charge < -0.3 is 15.1 Å². The van der Waals surface area contributed by atoms with Crippen molar-refractivity contribution in [2.45, 2.75) is 25.7 Å². The van der Waals surface area contributed by atoms with Gasteiger partial charge in [0.25, 0.3) is 0 Å². The van der Waals surface area contributed by atoms with Crippen molar-refractivity contribution >= 4 is 29.0 Å². The van der Waals surface area contributed by atoms with Crippen LogP contribution in [0.25, 0.3) is 0 Å². The smallest absolute Gasteiger partial charge is 0.234 e. The van der Waals surface area contributed by atoms with E-state index in [-0.39, 0.29) is 5.91 Å². The summed E-state index contributed by atoms with van der Waals surface area (Å²) in [7, 11) is 0. The van der Waals surface area contributed by atoms with E-state index in [9.17, 15) is 4.79 Å². The quantitative estimate of drug-likeness (QED) is 0.759. The first kappa shape index (κ1) is 19.8. The maximum atomic E-state index is 12.6. The van der Waals surface area contributed by atoms with Gasteiger partial charge in [0.15, 0.2) is 0 Å². The van der Waals surface area contributed by atoms with Crippen molar-refractivity contribution in [3.63, 3.8) is 0 Å². The van der Waals surface area contributed by atoms with E-state index >= 15 is 0 Å². The number of piperazine rings is 1. The molecule has 4 nitrogen and oxygen atoms in total. The number of amides is 1. The highest BCUT2D eigenvalue weighted by molar-refractivity contribution is 8.00. The number of carbonyl (C=O) groups is 1. The zero-order valence-electron chi connectivity index (χ0n) is 16.5. The van der Waals surface area contributed by atoms with Crippen molar-refractivity contribution in [2.24, 2.45) is 0 Å². The largest absolute Gasteiger partial charge is 0.367 e. The minimum Gasteiger partial charge on any atom is -0.367 e. The molecular weight excluding hydrogens is 354 g/mol. The lowest BCUT2D eigenvalue weighted by molar-refractivity contribution is -0.113. The zero-order chi connectivity index (χ0) is 19.2. The number of hydrogen-bond acceptors (Lipinski definition) is 4. The van der Waals surface area contributed by atoms with Gasteiger partial charge in [-0.3, -0.25) is 4.79 Å². The molecule has 0 aromatic heterocycles. The van der Waals surface area contributed by atoms with Crippen LogP contribution in [-0.4, -0.2) is 49.3 Å². The maximum absolute atomic E-state index is 12.6. The topological polar surface area (TPSA) is 35.6 Å². The number of likely N-dealkylation sites (N-methyl/N-ethyl adjacent to an activating group) is 1. The number of rotatable bonds is 6. The first-order valence-corrected chi connectivity index (χ1v) is 10.6. The predicted octanol–water partition coefficient (Wildman–Crippen LogP) is 4.18. The number of nitrogens with zero attached hydrogens (tertiary/aromatic N) is 2. The zero-order valence-corrected chi connectivity index (χ0v) is 17.3. The van der Waals surface area contributed by atoms with E-state index in [4.69, 9.17) is 0 Å². The van der Waals surface area contributed by atoms with Gasteiger partial charge in [0.05, 0.1) is 17.1 Å². The van der Waals surface area contributed by atoms with E-state index in [2.05, 4.69) is 60.2 Å². The van der Waals surface area contributed by atoms with Crippen LogP contribution in [0.5, 0.6) is 0 Å². The molecule has 0 atom stereocenters. The molecule has 2 aromatic rings. The Bertz CT molecular complexity index is 785. The predicted molar refractivity (Wildman–Crippen MR) is 116 cm³/mol. The third-order valence-corrected chi connectivity index (χ3v) is 6.20. The Morgan fingerprint density at radius 1 is 1.07 bits per heavy atom. The first-order chi connectivity index (χ1) is 13.1. The molecular formula is C22H29N3OS. The first-order valence-electron chi connectivity index (χ1n) is 9.63. The molecule has 1 N–H and O–H groups in total. The van der Waals surface area contributed by atoms with Crippen molar-refractivity contribution in [3.8, 4) is 0 Å². The van der Waals surface area contributed by atoms with Crippen LogP contribution in [0.3, 0.4) is 0 Å². The second kappa shape index (κ2) is 9.29. The van der Waals surface area contributed by atoms with Gasteiger partial charge in [-0.15, -0.1) is 11.8 Å². The molecule has 2 aromatic carbocycles. The molecule has 1 aliphatic rings. The molecule has 1 aliphatic heterocycles. The third-order valence-electron chi connectivity index (χ3n) is 5.04. The summed E-state index contributed by atoms with van der Waals surface area (Å²) in [5.74, 6) is 0.461. The van der Waals surface area contributed by atoms with Crippen molar-refractivity contribution in [1.29, 1.82) is 0 Å². The van der Waals surface area contributed by atoms with E-state index in [0.717, 1.165) is 44.1 Å². The van der Waals surface area contributed by atoms with E-state index in [1.807, 2.05) is 18.2 Å². The summed E-state index contributed by atoms with van der Waals surface area (Å²) >= 11 is 1.60. The minimum absolute atomic E-state index is 0.0422. The Morgan fingerprint density at radius 2 is 1.81 bits per heavy atom. The monoisotopic (exact) mass is 383 g/mol. The van der Waals surface area contributed by atoms with Crippen LogP contribution in [0, 0.1) is 13.8 Å². The van der Waals surface area contributed by atoms with Crippen LogP contribution in [0.4, 0.5) is 11.4 Å². The van der Waals surface area contributed by atoms with Crippen LogP contribution in [-0.2, 0) is 4.79 Å². The molecule has 0 bridgehead atoms. The van der Waals surface area contributed by atoms with Gasteiger partial charge in [0, 0.05) is 31.1 Å². The molecule has 1 fully saturated rings. The molecule has 1 heterocycles. The van der Waals surface area contributed by atoms with Crippen molar-refractivity contribution in [2.75, 3.05) is 48.7 Å². The average molecular weight is 384 g/mol. The Balaban J connectivity index is 1.62. The number of hydrogen-bond donors (Lipinski definition) is 1.